The maximum atomic E-state index is 5.22. The maximum absolute atomic E-state index is 5.22. The molecule has 2 aliphatic heterocycles. The Bertz CT molecular complexity index is 853. The Balaban J connectivity index is 1.72. The van der Waals surface area contributed by atoms with Crippen molar-refractivity contribution in [1.82, 2.24) is 15.8 Å². The van der Waals surface area contributed by atoms with Crippen molar-refractivity contribution in [2.45, 2.75) is 6.54 Å². The summed E-state index contributed by atoms with van der Waals surface area (Å²) in [6.45, 7) is 0.816. The molecule has 0 fully saturated rings. The van der Waals surface area contributed by atoms with Crippen LogP contribution in [-0.4, -0.2) is 12.0 Å². The fourth-order valence-corrected chi connectivity index (χ4v) is 2.88. The summed E-state index contributed by atoms with van der Waals surface area (Å²) in [5, 5.41) is 2.45. The third kappa shape index (κ3) is 2.09. The lowest BCUT2D eigenvalue weighted by molar-refractivity contribution is 0.414. The summed E-state index contributed by atoms with van der Waals surface area (Å²) in [4.78, 5) is 2.26. The van der Waals surface area contributed by atoms with E-state index in [1.54, 1.807) is 7.11 Å². The van der Waals surface area contributed by atoms with Gasteiger partial charge in [-0.1, -0.05) is 36.4 Å². The van der Waals surface area contributed by atoms with Gasteiger partial charge in [0.05, 0.1) is 18.5 Å². The fourth-order valence-electron chi connectivity index (χ4n) is 2.88. The summed E-state index contributed by atoms with van der Waals surface area (Å²) < 4.78 is 5.22. The summed E-state index contributed by atoms with van der Waals surface area (Å²) in [7, 11) is 1.69. The van der Waals surface area contributed by atoms with Crippen molar-refractivity contribution < 1.29 is 4.74 Å². The molecule has 4 nitrogen and oxygen atoms in total. The van der Waals surface area contributed by atoms with Gasteiger partial charge in [-0.3, -0.25) is 5.43 Å². The second-order valence-corrected chi connectivity index (χ2v) is 5.37. The SMILES string of the molecule is COc1ccc(CN2C=c3ccccc3=C3NNC=C32)cc1. The van der Waals surface area contributed by atoms with Gasteiger partial charge in [0.1, 0.15) is 5.75 Å². The molecule has 0 aliphatic carbocycles. The van der Waals surface area contributed by atoms with E-state index in [4.69, 9.17) is 4.74 Å². The molecule has 0 spiro atoms. The number of nitrogens with one attached hydrogen (secondary N) is 2. The van der Waals surface area contributed by atoms with Crippen molar-refractivity contribution in [3.8, 4) is 5.75 Å². The molecule has 0 saturated heterocycles. The minimum Gasteiger partial charge on any atom is -0.497 e. The first-order valence-corrected chi connectivity index (χ1v) is 7.28. The largest absolute Gasteiger partial charge is 0.497 e. The molecule has 4 rings (SSSR count). The van der Waals surface area contributed by atoms with E-state index in [1.807, 2.05) is 18.3 Å². The van der Waals surface area contributed by atoms with Gasteiger partial charge in [-0.15, -0.1) is 0 Å². The van der Waals surface area contributed by atoms with Crippen LogP contribution < -0.4 is 26.0 Å². The minimum atomic E-state index is 0.816. The van der Waals surface area contributed by atoms with Crippen molar-refractivity contribution in [3.05, 3.63) is 76.4 Å². The van der Waals surface area contributed by atoms with Gasteiger partial charge in [-0.2, -0.15) is 0 Å². The molecule has 22 heavy (non-hydrogen) atoms. The van der Waals surface area contributed by atoms with Gasteiger partial charge >= 0.3 is 0 Å². The monoisotopic (exact) mass is 291 g/mol. The quantitative estimate of drug-likeness (QED) is 0.885. The number of hydrogen-bond donors (Lipinski definition) is 2. The Morgan fingerprint density at radius 3 is 2.68 bits per heavy atom. The molecule has 0 amide bonds. The molecule has 0 unspecified atom stereocenters. The first-order valence-electron chi connectivity index (χ1n) is 7.28. The van der Waals surface area contributed by atoms with Crippen LogP contribution in [0.5, 0.6) is 5.75 Å². The molecule has 0 radical (unpaired) electrons. The van der Waals surface area contributed by atoms with Gasteiger partial charge in [0.25, 0.3) is 0 Å². The van der Waals surface area contributed by atoms with Gasteiger partial charge < -0.3 is 15.1 Å². The summed E-state index contributed by atoms with van der Waals surface area (Å²) in [5.41, 5.74) is 9.88. The lowest BCUT2D eigenvalue weighted by Gasteiger charge is -2.25. The Hall–Kier alpha value is -2.88. The highest BCUT2D eigenvalue weighted by molar-refractivity contribution is 5.68. The third-order valence-electron chi connectivity index (χ3n) is 4.01. The van der Waals surface area contributed by atoms with Crippen LogP contribution in [0, 0.1) is 0 Å². The Labute approximate surface area is 129 Å². The highest BCUT2D eigenvalue weighted by atomic mass is 16.5. The highest BCUT2D eigenvalue weighted by Crippen LogP contribution is 2.22. The second kappa shape index (κ2) is 5.15. The molecule has 0 bridgehead atoms. The first kappa shape index (κ1) is 12.8. The number of ether oxygens (including phenoxy) is 1. The summed E-state index contributed by atoms with van der Waals surface area (Å²) in [6, 6.07) is 16.6. The summed E-state index contributed by atoms with van der Waals surface area (Å²) in [5.74, 6) is 0.882. The summed E-state index contributed by atoms with van der Waals surface area (Å²) in [6.07, 6.45) is 4.20. The molecule has 110 valence electrons. The van der Waals surface area contributed by atoms with E-state index in [0.717, 1.165) is 23.7 Å². The van der Waals surface area contributed by atoms with Crippen LogP contribution in [0.1, 0.15) is 5.56 Å². The Kier molecular flexibility index (Phi) is 3.00. The number of benzene rings is 2. The van der Waals surface area contributed by atoms with Crippen LogP contribution >= 0.6 is 0 Å². The molecular weight excluding hydrogens is 274 g/mol. The van der Waals surface area contributed by atoms with Crippen molar-refractivity contribution in [1.29, 1.82) is 0 Å². The van der Waals surface area contributed by atoms with Crippen LogP contribution in [-0.2, 0) is 6.54 Å². The van der Waals surface area contributed by atoms with E-state index in [1.165, 1.54) is 16.0 Å². The zero-order valence-electron chi connectivity index (χ0n) is 12.3. The number of fused-ring (bicyclic) bond motifs is 2. The van der Waals surface area contributed by atoms with E-state index in [2.05, 4.69) is 58.3 Å². The van der Waals surface area contributed by atoms with E-state index in [0.29, 0.717) is 0 Å². The zero-order valence-corrected chi connectivity index (χ0v) is 12.3. The lowest BCUT2D eigenvalue weighted by Crippen LogP contribution is -2.39. The third-order valence-corrected chi connectivity index (χ3v) is 4.01. The van der Waals surface area contributed by atoms with Gasteiger partial charge in [-0.05, 0) is 17.7 Å². The van der Waals surface area contributed by atoms with Crippen LogP contribution in [0.15, 0.2) is 60.4 Å². The predicted molar refractivity (Wildman–Crippen MR) is 86.5 cm³/mol. The van der Waals surface area contributed by atoms with Crippen LogP contribution in [0.4, 0.5) is 0 Å². The normalized spacial score (nSPS) is 15.0. The molecule has 2 aliphatic rings. The number of hydrazine groups is 1. The lowest BCUT2D eigenvalue weighted by atomic mass is 10.1. The molecule has 2 aromatic rings. The highest BCUT2D eigenvalue weighted by Gasteiger charge is 2.21. The van der Waals surface area contributed by atoms with E-state index < -0.39 is 0 Å². The molecule has 2 aromatic carbocycles. The molecule has 0 aromatic heterocycles. The molecular formula is C18H17N3O. The van der Waals surface area contributed by atoms with Gasteiger partial charge in [0.2, 0.25) is 0 Å². The second-order valence-electron chi connectivity index (χ2n) is 5.37. The van der Waals surface area contributed by atoms with Gasteiger partial charge in [0.15, 0.2) is 0 Å². The maximum Gasteiger partial charge on any atom is 0.118 e. The average Bonchev–Trinajstić information content (AvgIpc) is 3.06. The topological polar surface area (TPSA) is 36.5 Å². The van der Waals surface area contributed by atoms with Crippen LogP contribution in [0.25, 0.3) is 11.9 Å². The van der Waals surface area contributed by atoms with Crippen molar-refractivity contribution in [3.63, 3.8) is 0 Å². The molecule has 2 heterocycles. The average molecular weight is 291 g/mol. The van der Waals surface area contributed by atoms with Crippen molar-refractivity contribution >= 4 is 11.9 Å². The number of nitrogens with zero attached hydrogens (tertiary/aromatic N) is 1. The predicted octanol–water partition coefficient (Wildman–Crippen LogP) is 1.01. The molecule has 0 saturated carbocycles. The number of methoxy groups -OCH3 is 1. The van der Waals surface area contributed by atoms with Gasteiger partial charge in [-0.25, -0.2) is 0 Å². The molecule has 4 heteroatoms. The number of rotatable bonds is 3. The van der Waals surface area contributed by atoms with Crippen LogP contribution in [0.2, 0.25) is 0 Å². The fraction of sp³-hybridized carbons (Fsp3) is 0.111. The van der Waals surface area contributed by atoms with Crippen molar-refractivity contribution in [2.24, 2.45) is 0 Å². The van der Waals surface area contributed by atoms with E-state index in [9.17, 15) is 0 Å². The zero-order chi connectivity index (χ0) is 14.9. The van der Waals surface area contributed by atoms with Gasteiger partial charge in [0, 0.05) is 29.4 Å². The Morgan fingerprint density at radius 1 is 1.05 bits per heavy atom. The summed E-state index contributed by atoms with van der Waals surface area (Å²) >= 11 is 0. The molecule has 0 atom stereocenters. The first-order chi connectivity index (χ1) is 10.8. The number of hydrogen-bond acceptors (Lipinski definition) is 4. The Morgan fingerprint density at radius 2 is 1.86 bits per heavy atom. The smallest absolute Gasteiger partial charge is 0.118 e. The standard InChI is InChI=1S/C18H17N3O/c1-22-15-8-6-13(7-9-15)11-21-12-14-4-2-3-5-16(14)18-17(21)10-19-20-18/h2-10,12,19-20H,11H2,1H3. The molecule has 2 N–H and O–H groups in total. The van der Waals surface area contributed by atoms with Crippen molar-refractivity contribution in [2.75, 3.05) is 7.11 Å². The minimum absolute atomic E-state index is 0.816. The van der Waals surface area contributed by atoms with E-state index >= 15 is 0 Å². The van der Waals surface area contributed by atoms with Crippen LogP contribution in [0.3, 0.4) is 0 Å². The van der Waals surface area contributed by atoms with E-state index in [-0.39, 0.29) is 0 Å².